The van der Waals surface area contributed by atoms with Crippen molar-refractivity contribution >= 4 is 5.97 Å². The van der Waals surface area contributed by atoms with Gasteiger partial charge in [-0.05, 0) is 117 Å². The van der Waals surface area contributed by atoms with Crippen LogP contribution in [0.3, 0.4) is 0 Å². The molecule has 3 saturated carbocycles. The lowest BCUT2D eigenvalue weighted by molar-refractivity contribution is -0.376. The molecule has 0 amide bonds. The number of carbonyl (C=O) groups is 1. The summed E-state index contributed by atoms with van der Waals surface area (Å²) in [7, 11) is 0. The van der Waals surface area contributed by atoms with Crippen LogP contribution in [0.4, 0.5) is 0 Å². The molecule has 0 aromatic heterocycles. The van der Waals surface area contributed by atoms with Gasteiger partial charge in [0.1, 0.15) is 53.9 Å². The number of ether oxygens (including phenoxy) is 5. The number of esters is 1. The number of hydrogen-bond donors (Lipinski definition) is 7. The molecule has 13 heteroatoms. The van der Waals surface area contributed by atoms with Crippen molar-refractivity contribution in [3.8, 4) is 0 Å². The Hall–Kier alpha value is -1.49. The van der Waals surface area contributed by atoms with E-state index in [0.29, 0.717) is 25.7 Å². The number of aliphatic hydroxyl groups is 7. The van der Waals surface area contributed by atoms with E-state index in [4.69, 9.17) is 23.7 Å². The number of hydrogen-bond acceptors (Lipinski definition) is 13. The fraction of sp³-hybridized carbons (Fsp3) is 0.881. The number of allylic oxidation sites excluding steroid dienone is 3. The molecule has 4 aliphatic heterocycles. The highest BCUT2D eigenvalue weighted by molar-refractivity contribution is 5.86. The smallest absolute Gasteiger partial charge is 0.317 e. The third kappa shape index (κ3) is 5.20. The average molecular weight is 777 g/mol. The second-order valence-corrected chi connectivity index (χ2v) is 20.2. The Bertz CT molecular complexity index is 1630. The molecule has 7 N–H and O–H groups in total. The van der Waals surface area contributed by atoms with E-state index in [1.807, 2.05) is 13.8 Å². The van der Waals surface area contributed by atoms with E-state index in [1.54, 1.807) is 0 Å². The quantitative estimate of drug-likeness (QED) is 0.159. The van der Waals surface area contributed by atoms with E-state index in [1.165, 1.54) is 6.92 Å². The van der Waals surface area contributed by atoms with Crippen molar-refractivity contribution in [3.63, 3.8) is 0 Å². The molecule has 19 atom stereocenters. The monoisotopic (exact) mass is 776 g/mol. The summed E-state index contributed by atoms with van der Waals surface area (Å²) in [5.41, 5.74) is -2.02. The Morgan fingerprint density at radius 3 is 2.15 bits per heavy atom. The van der Waals surface area contributed by atoms with Crippen molar-refractivity contribution in [1.82, 2.24) is 0 Å². The van der Waals surface area contributed by atoms with Crippen LogP contribution in [-0.2, 0) is 28.5 Å². The summed E-state index contributed by atoms with van der Waals surface area (Å²) < 4.78 is 30.6. The van der Waals surface area contributed by atoms with E-state index in [2.05, 4.69) is 46.8 Å². The number of aliphatic hydroxyl groups excluding tert-OH is 6. The van der Waals surface area contributed by atoms with Gasteiger partial charge in [0.05, 0.1) is 24.2 Å². The highest BCUT2D eigenvalue weighted by Gasteiger charge is 2.73. The molecular formula is C42H64O13. The van der Waals surface area contributed by atoms with Crippen LogP contribution in [-0.4, -0.2) is 127 Å². The van der Waals surface area contributed by atoms with Crippen LogP contribution in [0, 0.1) is 38.9 Å². The minimum absolute atomic E-state index is 0.139. The molecular weight excluding hydrogens is 712 g/mol. The zero-order chi connectivity index (χ0) is 40.1. The molecule has 7 fully saturated rings. The molecule has 2 bridgehead atoms. The second-order valence-electron chi connectivity index (χ2n) is 20.2. The molecule has 0 aromatic rings. The predicted octanol–water partition coefficient (Wildman–Crippen LogP) is 2.40. The van der Waals surface area contributed by atoms with Gasteiger partial charge in [-0.15, -0.1) is 0 Å². The molecule has 4 saturated heterocycles. The van der Waals surface area contributed by atoms with Gasteiger partial charge in [-0.25, -0.2) is 0 Å². The fourth-order valence-electron chi connectivity index (χ4n) is 13.5. The Morgan fingerprint density at radius 2 is 1.47 bits per heavy atom. The van der Waals surface area contributed by atoms with Gasteiger partial charge in [-0.1, -0.05) is 46.8 Å². The highest BCUT2D eigenvalue weighted by Crippen LogP contribution is 2.75. The first-order chi connectivity index (χ1) is 25.5. The van der Waals surface area contributed by atoms with Crippen LogP contribution in [0.25, 0.3) is 0 Å². The molecule has 4 heterocycles. The molecule has 5 aliphatic carbocycles. The molecule has 9 rings (SSSR count). The normalized spacial score (nSPS) is 56.9. The van der Waals surface area contributed by atoms with Crippen LogP contribution in [0.1, 0.15) is 107 Å². The predicted molar refractivity (Wildman–Crippen MR) is 196 cm³/mol. The van der Waals surface area contributed by atoms with Crippen molar-refractivity contribution in [3.05, 3.63) is 23.3 Å². The standard InChI is InChI=1S/C42H64O13/c1-20-26(44)28(46)30(48)33(51-20)54-31-29(47)27(45)22(19-43)52-34(31)53-25-12-13-37(4)23(36(25,2)3)11-14-39(6)24(37)10-9-21-32-41(8,50)40(7)16-18-42(32,35(49)55-40)17-15-38(21,39)5/h9-10,20,22-31,33-34,43-48,50H,11-19H2,1-8H3/t20-,22-,23-,24+,25-,26-,27-,28+,29+,30+,31-,33-,34+,37-,38+,39+,40-,41-,42+/m0/s1. The molecule has 0 unspecified atom stereocenters. The van der Waals surface area contributed by atoms with Crippen LogP contribution in [0.15, 0.2) is 23.3 Å². The fourth-order valence-corrected chi connectivity index (χ4v) is 13.5. The summed E-state index contributed by atoms with van der Waals surface area (Å²) in [5, 5.41) is 75.9. The van der Waals surface area contributed by atoms with Gasteiger partial charge in [0, 0.05) is 0 Å². The van der Waals surface area contributed by atoms with E-state index < -0.39 is 90.1 Å². The first-order valence-corrected chi connectivity index (χ1v) is 20.6. The summed E-state index contributed by atoms with van der Waals surface area (Å²) in [6, 6.07) is 0. The van der Waals surface area contributed by atoms with Crippen LogP contribution >= 0.6 is 0 Å². The molecule has 0 aromatic carbocycles. The summed E-state index contributed by atoms with van der Waals surface area (Å²) in [6.45, 7) is 16.3. The third-order valence-electron chi connectivity index (χ3n) is 17.4. The van der Waals surface area contributed by atoms with Crippen LogP contribution in [0.2, 0.25) is 0 Å². The van der Waals surface area contributed by atoms with E-state index in [9.17, 15) is 40.5 Å². The van der Waals surface area contributed by atoms with Crippen molar-refractivity contribution in [1.29, 1.82) is 0 Å². The van der Waals surface area contributed by atoms with Gasteiger partial charge in [0.15, 0.2) is 12.6 Å². The lowest BCUT2D eigenvalue weighted by atomic mass is 9.35. The minimum Gasteiger partial charge on any atom is -0.455 e. The Balaban J connectivity index is 1.09. The van der Waals surface area contributed by atoms with Crippen molar-refractivity contribution < 1.29 is 64.2 Å². The Morgan fingerprint density at radius 1 is 0.782 bits per heavy atom. The number of carbonyl (C=O) groups excluding carboxylic acids is 1. The maximum Gasteiger partial charge on any atom is 0.317 e. The minimum atomic E-state index is -1.65. The van der Waals surface area contributed by atoms with Crippen molar-refractivity contribution in [2.24, 2.45) is 38.9 Å². The first-order valence-electron chi connectivity index (χ1n) is 20.6. The lowest BCUT2D eigenvalue weighted by Gasteiger charge is -2.71. The molecule has 310 valence electrons. The Labute approximate surface area is 324 Å². The number of fused-ring (bicyclic) bond motifs is 7. The van der Waals surface area contributed by atoms with E-state index >= 15 is 0 Å². The van der Waals surface area contributed by atoms with Crippen LogP contribution < -0.4 is 0 Å². The summed E-state index contributed by atoms with van der Waals surface area (Å²) >= 11 is 0. The van der Waals surface area contributed by atoms with Crippen molar-refractivity contribution in [2.75, 3.05) is 6.61 Å². The lowest BCUT2D eigenvalue weighted by Crippen LogP contribution is -2.71. The summed E-state index contributed by atoms with van der Waals surface area (Å²) in [5.74, 6) is 0.205. The van der Waals surface area contributed by atoms with Crippen LogP contribution in [0.5, 0.6) is 0 Å². The second kappa shape index (κ2) is 12.8. The first kappa shape index (κ1) is 40.3. The van der Waals surface area contributed by atoms with Gasteiger partial charge in [0.2, 0.25) is 0 Å². The van der Waals surface area contributed by atoms with E-state index in [-0.39, 0.29) is 40.2 Å². The van der Waals surface area contributed by atoms with E-state index in [0.717, 1.165) is 36.8 Å². The maximum absolute atomic E-state index is 13.7. The van der Waals surface area contributed by atoms with Gasteiger partial charge < -0.3 is 59.4 Å². The number of rotatable bonds is 5. The highest BCUT2D eigenvalue weighted by atomic mass is 16.8. The molecule has 55 heavy (non-hydrogen) atoms. The van der Waals surface area contributed by atoms with Gasteiger partial charge >= 0.3 is 5.97 Å². The molecule has 13 nitrogen and oxygen atoms in total. The average Bonchev–Trinajstić information content (AvgIpc) is 3.11. The van der Waals surface area contributed by atoms with Gasteiger partial charge in [-0.3, -0.25) is 4.79 Å². The molecule has 1 spiro atoms. The topological polar surface area (TPSA) is 205 Å². The zero-order valence-electron chi connectivity index (χ0n) is 33.6. The SMILES string of the molecule is C[C@@H]1O[C@@H](O[C@@H]2[C@@H](O[C@H]3CC[C@]4(C)[C@H]5C=CC6=C7[C@]8(CC[C@](C)(OC8=O)[C@@]7(C)O)CC[C@@]6(C)[C@]5(C)CC[C@H]4C3(C)C)O[C@@H](CO)[C@H](O)[C@H]2O)[C@H](O)[C@H](O)[C@H]1O. The maximum atomic E-state index is 13.7. The van der Waals surface area contributed by atoms with Crippen molar-refractivity contribution in [2.45, 2.75) is 185 Å². The molecule has 0 radical (unpaired) electrons. The Kier molecular flexibility index (Phi) is 9.35. The summed E-state index contributed by atoms with van der Waals surface area (Å²) in [6.07, 6.45) is -3.47. The largest absolute Gasteiger partial charge is 0.455 e. The van der Waals surface area contributed by atoms with Gasteiger partial charge in [-0.2, -0.15) is 0 Å². The summed E-state index contributed by atoms with van der Waals surface area (Å²) in [4.78, 5) is 13.7. The third-order valence-corrected chi connectivity index (χ3v) is 17.4. The van der Waals surface area contributed by atoms with Gasteiger partial charge in [0.25, 0.3) is 0 Å². The zero-order valence-corrected chi connectivity index (χ0v) is 33.6. The molecule has 9 aliphatic rings.